The van der Waals surface area contributed by atoms with E-state index in [2.05, 4.69) is 48.6 Å². The van der Waals surface area contributed by atoms with Crippen molar-refractivity contribution in [2.45, 2.75) is 37.2 Å². The molecule has 2 aliphatic rings. The van der Waals surface area contributed by atoms with Crippen LogP contribution < -0.4 is 4.90 Å². The molecule has 0 aromatic carbocycles. The highest BCUT2D eigenvalue weighted by Gasteiger charge is 2.36. The number of nitrogens with zero attached hydrogens (tertiary/aromatic N) is 4. The van der Waals surface area contributed by atoms with E-state index in [0.29, 0.717) is 6.04 Å². The zero-order valence-electron chi connectivity index (χ0n) is 11.6. The predicted octanol–water partition coefficient (Wildman–Crippen LogP) is 2.96. The van der Waals surface area contributed by atoms with Crippen LogP contribution >= 0.6 is 27.3 Å². The first-order valence-electron chi connectivity index (χ1n) is 7.29. The lowest BCUT2D eigenvalue weighted by molar-refractivity contribution is 0.202. The molecule has 2 saturated heterocycles. The number of thiazole rings is 1. The molecule has 4 nitrogen and oxygen atoms in total. The van der Waals surface area contributed by atoms with Crippen molar-refractivity contribution in [3.05, 3.63) is 17.3 Å². The third kappa shape index (κ3) is 1.92. The fourth-order valence-electron chi connectivity index (χ4n) is 3.66. The second kappa shape index (κ2) is 5.00. The van der Waals surface area contributed by atoms with Crippen LogP contribution in [0.5, 0.6) is 0 Å². The molecule has 4 rings (SSSR count). The van der Waals surface area contributed by atoms with Gasteiger partial charge >= 0.3 is 0 Å². The zero-order valence-corrected chi connectivity index (χ0v) is 14.0. The molecular weight excluding hydrogens is 336 g/mol. The minimum absolute atomic E-state index is 0.548. The second-order valence-corrected chi connectivity index (χ2v) is 7.30. The van der Waals surface area contributed by atoms with Crippen LogP contribution in [0.25, 0.3) is 4.96 Å². The van der Waals surface area contributed by atoms with Gasteiger partial charge < -0.3 is 4.90 Å². The minimum Gasteiger partial charge on any atom is -0.349 e. The van der Waals surface area contributed by atoms with Crippen molar-refractivity contribution in [1.82, 2.24) is 14.3 Å². The molecule has 0 bridgehead atoms. The normalized spacial score (nSPS) is 27.4. The molecule has 4 heterocycles. The maximum Gasteiger partial charge on any atom is 0.195 e. The van der Waals surface area contributed by atoms with Gasteiger partial charge in [0.2, 0.25) is 0 Å². The molecule has 20 heavy (non-hydrogen) atoms. The van der Waals surface area contributed by atoms with E-state index in [9.17, 15) is 0 Å². The number of aromatic nitrogens is 2. The highest BCUT2D eigenvalue weighted by Crippen LogP contribution is 2.32. The Morgan fingerprint density at radius 3 is 3.20 bits per heavy atom. The Kier molecular flexibility index (Phi) is 3.27. The molecule has 2 unspecified atom stereocenters. The number of imidazole rings is 1. The van der Waals surface area contributed by atoms with Crippen molar-refractivity contribution in [2.75, 3.05) is 24.5 Å². The molecule has 0 spiro atoms. The monoisotopic (exact) mass is 354 g/mol. The Labute approximate surface area is 131 Å². The lowest BCUT2D eigenvalue weighted by Crippen LogP contribution is -2.55. The maximum absolute atomic E-state index is 4.89. The van der Waals surface area contributed by atoms with E-state index in [1.165, 1.54) is 37.4 Å². The average molecular weight is 355 g/mol. The Bertz CT molecular complexity index is 622. The lowest BCUT2D eigenvalue weighted by atomic mass is 10.1. The molecular formula is C14H19BrN4S. The highest BCUT2D eigenvalue weighted by atomic mass is 79.9. The Hall–Kier alpha value is -0.590. The van der Waals surface area contributed by atoms with Crippen molar-refractivity contribution >= 4 is 38.0 Å². The molecule has 2 fully saturated rings. The summed E-state index contributed by atoms with van der Waals surface area (Å²) in [5.41, 5.74) is 1.29. The summed E-state index contributed by atoms with van der Waals surface area (Å²) in [7, 11) is 0. The first-order chi connectivity index (χ1) is 9.78. The number of anilines is 1. The van der Waals surface area contributed by atoms with Gasteiger partial charge in [0.1, 0.15) is 0 Å². The summed E-state index contributed by atoms with van der Waals surface area (Å²) in [6, 6.07) is 1.28. The minimum atomic E-state index is 0.548. The predicted molar refractivity (Wildman–Crippen MR) is 87.1 cm³/mol. The summed E-state index contributed by atoms with van der Waals surface area (Å²) in [6.07, 6.45) is 4.83. The summed E-state index contributed by atoms with van der Waals surface area (Å²) in [6.45, 7) is 5.93. The zero-order chi connectivity index (χ0) is 13.7. The van der Waals surface area contributed by atoms with Crippen molar-refractivity contribution in [3.8, 4) is 0 Å². The average Bonchev–Trinajstić information content (AvgIpc) is 3.10. The van der Waals surface area contributed by atoms with Crippen molar-refractivity contribution in [2.24, 2.45) is 0 Å². The highest BCUT2D eigenvalue weighted by molar-refractivity contribution is 9.08. The summed E-state index contributed by atoms with van der Waals surface area (Å²) in [5.74, 6) is 1.19. The fraction of sp³-hybridized carbons (Fsp3) is 0.643. The second-order valence-electron chi connectivity index (χ2n) is 5.86. The van der Waals surface area contributed by atoms with E-state index in [0.717, 1.165) is 22.9 Å². The molecule has 2 aromatic heterocycles. The number of hydrogen-bond acceptors (Lipinski definition) is 4. The number of hydrogen-bond donors (Lipinski definition) is 0. The Morgan fingerprint density at radius 2 is 2.35 bits per heavy atom. The number of rotatable bonds is 2. The van der Waals surface area contributed by atoms with Gasteiger partial charge in [-0.3, -0.25) is 9.30 Å². The van der Waals surface area contributed by atoms with Crippen LogP contribution in [0.15, 0.2) is 11.6 Å². The molecule has 2 atom stereocenters. The smallest absolute Gasteiger partial charge is 0.195 e. The van der Waals surface area contributed by atoms with Gasteiger partial charge in [0.25, 0.3) is 0 Å². The topological polar surface area (TPSA) is 23.8 Å². The third-order valence-electron chi connectivity index (χ3n) is 4.68. The van der Waals surface area contributed by atoms with E-state index < -0.39 is 0 Å². The Morgan fingerprint density at radius 1 is 1.45 bits per heavy atom. The van der Waals surface area contributed by atoms with E-state index >= 15 is 0 Å². The molecule has 0 radical (unpaired) electrons. The number of piperazine rings is 1. The van der Waals surface area contributed by atoms with Crippen molar-refractivity contribution < 1.29 is 0 Å². The quantitative estimate of drug-likeness (QED) is 0.774. The van der Waals surface area contributed by atoms with Gasteiger partial charge in [-0.1, -0.05) is 15.9 Å². The summed E-state index contributed by atoms with van der Waals surface area (Å²) in [5, 5.41) is 2.97. The van der Waals surface area contributed by atoms with Gasteiger partial charge in [0.15, 0.2) is 10.8 Å². The Balaban J connectivity index is 1.72. The van der Waals surface area contributed by atoms with E-state index in [-0.39, 0.29) is 0 Å². The number of fused-ring (bicyclic) bond motifs is 2. The van der Waals surface area contributed by atoms with Gasteiger partial charge in [-0.25, -0.2) is 4.98 Å². The summed E-state index contributed by atoms with van der Waals surface area (Å²) < 4.78 is 2.22. The molecule has 108 valence electrons. The van der Waals surface area contributed by atoms with Crippen LogP contribution in [0, 0.1) is 0 Å². The first kappa shape index (κ1) is 13.1. The molecule has 0 aliphatic carbocycles. The van der Waals surface area contributed by atoms with E-state index in [1.807, 2.05) is 0 Å². The first-order valence-corrected chi connectivity index (χ1v) is 9.29. The molecule has 0 saturated carbocycles. The third-order valence-corrected chi connectivity index (χ3v) is 5.96. The molecule has 0 amide bonds. The van der Waals surface area contributed by atoms with Crippen molar-refractivity contribution in [3.63, 3.8) is 0 Å². The van der Waals surface area contributed by atoms with Gasteiger partial charge in [-0.15, -0.1) is 11.3 Å². The molecule has 0 N–H and O–H groups in total. The van der Waals surface area contributed by atoms with Crippen LogP contribution in [0.2, 0.25) is 0 Å². The van der Waals surface area contributed by atoms with E-state index in [4.69, 9.17) is 4.98 Å². The molecule has 2 aromatic rings. The number of alkyl halides is 1. The largest absolute Gasteiger partial charge is 0.349 e. The van der Waals surface area contributed by atoms with Crippen LogP contribution in [-0.2, 0) is 5.33 Å². The van der Waals surface area contributed by atoms with Crippen LogP contribution in [-0.4, -0.2) is 46.0 Å². The van der Waals surface area contributed by atoms with Gasteiger partial charge in [-0.2, -0.15) is 0 Å². The molecule has 6 heteroatoms. The van der Waals surface area contributed by atoms with E-state index in [1.54, 1.807) is 11.3 Å². The van der Waals surface area contributed by atoms with Crippen LogP contribution in [0.3, 0.4) is 0 Å². The number of halogens is 1. The maximum atomic E-state index is 4.89. The van der Waals surface area contributed by atoms with Crippen LogP contribution in [0.4, 0.5) is 5.82 Å². The standard InChI is InChI=1S/C14H19BrN4S/c1-10-8-17-4-2-3-11(17)9-19(10)13-12(7-15)18-5-6-20-14(18)16-13/h5-6,10-11H,2-4,7-9H2,1H3. The van der Waals surface area contributed by atoms with Gasteiger partial charge in [0, 0.05) is 42.1 Å². The molecule has 2 aliphatic heterocycles. The van der Waals surface area contributed by atoms with Crippen LogP contribution in [0.1, 0.15) is 25.5 Å². The lowest BCUT2D eigenvalue weighted by Gasteiger charge is -2.42. The summed E-state index contributed by atoms with van der Waals surface area (Å²) >= 11 is 5.36. The summed E-state index contributed by atoms with van der Waals surface area (Å²) in [4.78, 5) is 11.2. The van der Waals surface area contributed by atoms with Gasteiger partial charge in [0.05, 0.1) is 5.69 Å². The SMILES string of the molecule is CC1CN2CCCC2CN1c1nc2sccn2c1CBr. The van der Waals surface area contributed by atoms with Gasteiger partial charge in [-0.05, 0) is 26.3 Å². The van der Waals surface area contributed by atoms with Crippen molar-refractivity contribution in [1.29, 1.82) is 0 Å². The fourth-order valence-corrected chi connectivity index (χ4v) is 4.91.